The number of ether oxygens (including phenoxy) is 1. The number of piperidine rings is 1. The largest absolute Gasteiger partial charge is 0.466 e. The lowest BCUT2D eigenvalue weighted by Crippen LogP contribution is -2.50. The summed E-state index contributed by atoms with van der Waals surface area (Å²) in [5.74, 6) is -0.351. The van der Waals surface area contributed by atoms with Gasteiger partial charge in [0.2, 0.25) is 0 Å². The van der Waals surface area contributed by atoms with Crippen molar-refractivity contribution in [3.05, 3.63) is 0 Å². The van der Waals surface area contributed by atoms with Crippen LogP contribution < -0.4 is 0 Å². The van der Waals surface area contributed by atoms with E-state index in [9.17, 15) is 14.9 Å². The number of esters is 1. The Bertz CT molecular complexity index is 239. The molecular weight excluding hydrogens is 209 g/mol. The zero-order chi connectivity index (χ0) is 12.2. The van der Waals surface area contributed by atoms with E-state index in [2.05, 4.69) is 0 Å². The van der Waals surface area contributed by atoms with Crippen molar-refractivity contribution in [2.45, 2.75) is 38.6 Å². The minimum atomic E-state index is -0.961. The maximum absolute atomic E-state index is 11.3. The summed E-state index contributed by atoms with van der Waals surface area (Å²) in [5.41, 5.74) is -0.961. The first-order chi connectivity index (χ1) is 7.47. The van der Waals surface area contributed by atoms with Gasteiger partial charge in [-0.3, -0.25) is 4.79 Å². The van der Waals surface area contributed by atoms with Gasteiger partial charge in [0, 0.05) is 0 Å². The monoisotopic (exact) mass is 229 g/mol. The molecule has 16 heavy (non-hydrogen) atoms. The Morgan fingerprint density at radius 2 is 2.06 bits per heavy atom. The Hall–Kier alpha value is -0.585. The number of hydrogen-bond donors (Lipinski definition) is 2. The number of rotatable bonds is 4. The molecule has 1 aliphatic rings. The minimum absolute atomic E-state index is 0.0501. The molecule has 0 aromatic heterocycles. The molecule has 0 aromatic carbocycles. The van der Waals surface area contributed by atoms with Gasteiger partial charge in [0.05, 0.1) is 18.6 Å². The summed E-state index contributed by atoms with van der Waals surface area (Å²) in [6.07, 6.45) is 1.04. The summed E-state index contributed by atoms with van der Waals surface area (Å²) < 4.78 is 4.82. The average molecular weight is 229 g/mol. The van der Waals surface area contributed by atoms with Crippen molar-refractivity contribution >= 4 is 13.0 Å². The number of carbonyl (C=O) groups excluding carboxylic acids is 1. The second-order valence-electron chi connectivity index (χ2n) is 4.37. The predicted octanol–water partition coefficient (Wildman–Crippen LogP) is -0.123. The molecule has 0 aromatic rings. The Labute approximate surface area is 96.5 Å². The molecule has 0 radical (unpaired) electrons. The molecule has 0 unspecified atom stereocenters. The standard InChI is InChI=1S/C10H20BNO4/c1-3-16-9(13)8-10(14)4-6-12(7-5-10)11(2)15/h14-15H,3-8H2,1-2H3. The van der Waals surface area contributed by atoms with E-state index >= 15 is 0 Å². The molecule has 92 valence electrons. The van der Waals surface area contributed by atoms with Crippen molar-refractivity contribution in [2.24, 2.45) is 0 Å². The molecule has 0 saturated carbocycles. The highest BCUT2D eigenvalue weighted by Crippen LogP contribution is 2.26. The maximum atomic E-state index is 11.3. The van der Waals surface area contributed by atoms with Gasteiger partial charge in [0.15, 0.2) is 0 Å². The van der Waals surface area contributed by atoms with Gasteiger partial charge in [-0.05, 0) is 39.7 Å². The Kier molecular flexibility index (Phi) is 4.77. The van der Waals surface area contributed by atoms with Crippen LogP contribution in [-0.4, -0.2) is 53.3 Å². The van der Waals surface area contributed by atoms with Gasteiger partial charge >= 0.3 is 13.0 Å². The molecule has 1 fully saturated rings. The van der Waals surface area contributed by atoms with Gasteiger partial charge in [-0.15, -0.1) is 0 Å². The molecule has 1 saturated heterocycles. The van der Waals surface area contributed by atoms with Crippen LogP contribution in [-0.2, 0) is 9.53 Å². The topological polar surface area (TPSA) is 70.0 Å². The fraction of sp³-hybridized carbons (Fsp3) is 0.900. The molecule has 0 amide bonds. The van der Waals surface area contributed by atoms with E-state index in [4.69, 9.17) is 4.74 Å². The number of carbonyl (C=O) groups is 1. The zero-order valence-electron chi connectivity index (χ0n) is 9.98. The highest BCUT2D eigenvalue weighted by atomic mass is 16.5. The second kappa shape index (κ2) is 5.66. The van der Waals surface area contributed by atoms with E-state index in [-0.39, 0.29) is 12.4 Å². The molecule has 5 nitrogen and oxygen atoms in total. The van der Waals surface area contributed by atoms with Crippen molar-refractivity contribution in [1.82, 2.24) is 4.81 Å². The van der Waals surface area contributed by atoms with Crippen LogP contribution in [0.1, 0.15) is 26.2 Å². The van der Waals surface area contributed by atoms with E-state index < -0.39 is 12.7 Å². The summed E-state index contributed by atoms with van der Waals surface area (Å²) in [5, 5.41) is 19.5. The van der Waals surface area contributed by atoms with Crippen LogP contribution in [0.15, 0.2) is 0 Å². The van der Waals surface area contributed by atoms with Crippen LogP contribution in [0.2, 0.25) is 6.82 Å². The average Bonchev–Trinajstić information content (AvgIpc) is 2.17. The quantitative estimate of drug-likeness (QED) is 0.519. The normalized spacial score (nSPS) is 20.5. The van der Waals surface area contributed by atoms with E-state index in [0.717, 1.165) is 0 Å². The Morgan fingerprint density at radius 3 is 2.50 bits per heavy atom. The van der Waals surface area contributed by atoms with Gasteiger partial charge in [-0.25, -0.2) is 0 Å². The third-order valence-corrected chi connectivity index (χ3v) is 3.04. The molecule has 0 aliphatic carbocycles. The van der Waals surface area contributed by atoms with E-state index in [1.54, 1.807) is 13.7 Å². The minimum Gasteiger partial charge on any atom is -0.466 e. The maximum Gasteiger partial charge on any atom is 0.376 e. The van der Waals surface area contributed by atoms with Crippen LogP contribution in [0.3, 0.4) is 0 Å². The van der Waals surface area contributed by atoms with Crippen LogP contribution in [0.5, 0.6) is 0 Å². The van der Waals surface area contributed by atoms with Crippen molar-refractivity contribution in [3.63, 3.8) is 0 Å². The molecule has 0 spiro atoms. The fourth-order valence-corrected chi connectivity index (χ4v) is 1.97. The van der Waals surface area contributed by atoms with Crippen LogP contribution in [0.25, 0.3) is 0 Å². The highest BCUT2D eigenvalue weighted by molar-refractivity contribution is 6.45. The van der Waals surface area contributed by atoms with Crippen LogP contribution in [0.4, 0.5) is 0 Å². The number of hydrogen-bond acceptors (Lipinski definition) is 5. The summed E-state index contributed by atoms with van der Waals surface area (Å²) >= 11 is 0. The lowest BCUT2D eigenvalue weighted by Gasteiger charge is -2.38. The van der Waals surface area contributed by atoms with Crippen LogP contribution in [0, 0.1) is 0 Å². The van der Waals surface area contributed by atoms with Crippen molar-refractivity contribution in [2.75, 3.05) is 19.7 Å². The molecule has 2 N–H and O–H groups in total. The van der Waals surface area contributed by atoms with E-state index in [1.807, 2.05) is 4.81 Å². The molecule has 1 heterocycles. The Morgan fingerprint density at radius 1 is 1.50 bits per heavy atom. The zero-order valence-corrected chi connectivity index (χ0v) is 9.98. The second-order valence-corrected chi connectivity index (χ2v) is 4.37. The van der Waals surface area contributed by atoms with Gasteiger partial charge in [0.25, 0.3) is 0 Å². The van der Waals surface area contributed by atoms with Gasteiger partial charge in [-0.1, -0.05) is 0 Å². The first-order valence-corrected chi connectivity index (χ1v) is 5.77. The lowest BCUT2D eigenvalue weighted by atomic mass is 9.78. The first-order valence-electron chi connectivity index (χ1n) is 5.77. The van der Waals surface area contributed by atoms with Gasteiger partial charge < -0.3 is 19.7 Å². The number of aliphatic hydroxyl groups is 1. The van der Waals surface area contributed by atoms with E-state index in [0.29, 0.717) is 32.5 Å². The molecule has 1 rings (SSSR count). The molecule has 0 bridgehead atoms. The number of nitrogens with zero attached hydrogens (tertiary/aromatic N) is 1. The molecule has 0 atom stereocenters. The SMILES string of the molecule is CCOC(=O)CC1(O)CCN(B(C)O)CC1. The smallest absolute Gasteiger partial charge is 0.376 e. The fourth-order valence-electron chi connectivity index (χ4n) is 1.97. The van der Waals surface area contributed by atoms with Gasteiger partial charge in [0.1, 0.15) is 0 Å². The van der Waals surface area contributed by atoms with Crippen molar-refractivity contribution in [1.29, 1.82) is 0 Å². The van der Waals surface area contributed by atoms with Crippen molar-refractivity contribution in [3.8, 4) is 0 Å². The van der Waals surface area contributed by atoms with E-state index in [1.165, 1.54) is 0 Å². The van der Waals surface area contributed by atoms with Gasteiger partial charge in [-0.2, -0.15) is 0 Å². The Balaban J connectivity index is 2.40. The highest BCUT2D eigenvalue weighted by Gasteiger charge is 2.36. The van der Waals surface area contributed by atoms with Crippen LogP contribution >= 0.6 is 0 Å². The first kappa shape index (κ1) is 13.5. The van der Waals surface area contributed by atoms with Crippen molar-refractivity contribution < 1.29 is 19.7 Å². The summed E-state index contributed by atoms with van der Waals surface area (Å²) in [6, 6.07) is 0. The molecular formula is C10H20BNO4. The summed E-state index contributed by atoms with van der Waals surface area (Å²) in [7, 11) is -0.493. The third kappa shape index (κ3) is 3.77. The molecule has 6 heteroatoms. The predicted molar refractivity (Wildman–Crippen MR) is 60.8 cm³/mol. The summed E-state index contributed by atoms with van der Waals surface area (Å²) in [4.78, 5) is 13.2. The lowest BCUT2D eigenvalue weighted by molar-refractivity contribution is -0.150. The summed E-state index contributed by atoms with van der Waals surface area (Å²) in [6.45, 7) is 5.00. The third-order valence-electron chi connectivity index (χ3n) is 3.04. The molecule has 1 aliphatic heterocycles.